The van der Waals surface area contributed by atoms with Crippen LogP contribution in [0.5, 0.6) is 0 Å². The van der Waals surface area contributed by atoms with Gasteiger partial charge >= 0.3 is 5.97 Å². The quantitative estimate of drug-likeness (QED) is 0.0715. The van der Waals surface area contributed by atoms with Gasteiger partial charge in [0.1, 0.15) is 6.10 Å². The van der Waals surface area contributed by atoms with Gasteiger partial charge in [0.05, 0.1) is 0 Å². The van der Waals surface area contributed by atoms with Crippen molar-refractivity contribution >= 4 is 51.5 Å². The number of hydrogen-bond donors (Lipinski definition) is 0. The van der Waals surface area contributed by atoms with Crippen molar-refractivity contribution < 1.29 is 14.1 Å². The molecule has 0 spiro atoms. The summed E-state index contributed by atoms with van der Waals surface area (Å²) in [5.74, 6) is -0.140. The van der Waals surface area contributed by atoms with E-state index in [1.807, 2.05) is 12.1 Å². The van der Waals surface area contributed by atoms with Gasteiger partial charge < -0.3 is 19.4 Å². The summed E-state index contributed by atoms with van der Waals surface area (Å²) in [5, 5.41) is 0. The van der Waals surface area contributed by atoms with Crippen molar-refractivity contribution in [2.75, 3.05) is 14.7 Å². The molecule has 1 aromatic heterocycles. The minimum absolute atomic E-state index is 0.0101. The zero-order valence-electron chi connectivity index (χ0n) is 36.7. The first-order valence-corrected chi connectivity index (χ1v) is 22.6. The molecule has 2 unspecified atom stereocenters. The first-order chi connectivity index (χ1) is 32.1. The molecule has 320 valence electrons. The molecule has 0 saturated heterocycles. The molecule has 0 fully saturated rings. The summed E-state index contributed by atoms with van der Waals surface area (Å²) in [6, 6.07) is 74.9. The van der Waals surface area contributed by atoms with Crippen molar-refractivity contribution in [3.05, 3.63) is 260 Å². The number of allylic oxidation sites excluding steroid dienone is 1. The van der Waals surface area contributed by atoms with E-state index in [0.717, 1.165) is 64.0 Å². The number of anilines is 8. The van der Waals surface area contributed by atoms with Crippen LogP contribution < -0.4 is 19.3 Å². The van der Waals surface area contributed by atoms with E-state index in [9.17, 15) is 4.79 Å². The molecular formula is C59H53N4O2+. The molecule has 7 aromatic carbocycles. The number of carbonyl (C=O) groups is 1. The second-order valence-electron chi connectivity index (χ2n) is 16.1. The molecule has 9 rings (SSSR count). The molecule has 1 aliphatic rings. The Kier molecular flexibility index (Phi) is 13.3. The number of esters is 1. The van der Waals surface area contributed by atoms with Crippen molar-refractivity contribution in [3.8, 4) is 0 Å². The third kappa shape index (κ3) is 9.98. The average molecular weight is 850 g/mol. The van der Waals surface area contributed by atoms with E-state index < -0.39 is 0 Å². The number of rotatable bonds is 16. The maximum atomic E-state index is 12.5. The zero-order chi connectivity index (χ0) is 44.2. The van der Waals surface area contributed by atoms with Crippen LogP contribution in [0.3, 0.4) is 0 Å². The number of pyridine rings is 1. The number of para-hydroxylation sites is 3. The number of hydrogen-bond acceptors (Lipinski definition) is 5. The van der Waals surface area contributed by atoms with Crippen molar-refractivity contribution in [3.63, 3.8) is 0 Å². The van der Waals surface area contributed by atoms with Gasteiger partial charge in [-0.2, -0.15) is 4.57 Å². The third-order valence-electron chi connectivity index (χ3n) is 11.7. The van der Waals surface area contributed by atoms with Crippen LogP contribution in [0.1, 0.15) is 49.8 Å². The monoisotopic (exact) mass is 849 g/mol. The molecular weight excluding hydrogens is 797 g/mol. The topological polar surface area (TPSA) is 39.9 Å². The Morgan fingerprint density at radius 3 is 1.34 bits per heavy atom. The normalized spacial score (nSPS) is 13.6. The van der Waals surface area contributed by atoms with Crippen molar-refractivity contribution in [1.82, 2.24) is 0 Å². The number of ether oxygens (including phenoxy) is 1. The van der Waals surface area contributed by atoms with Crippen molar-refractivity contribution in [1.29, 1.82) is 0 Å². The predicted molar refractivity (Wildman–Crippen MR) is 266 cm³/mol. The number of carbonyl (C=O) groups excluding carboxylic acids is 1. The average Bonchev–Trinajstić information content (AvgIpc) is 3.37. The Balaban J connectivity index is 1.08. The van der Waals surface area contributed by atoms with Gasteiger partial charge in [-0.15, -0.1) is 0 Å². The van der Waals surface area contributed by atoms with Crippen LogP contribution in [0, 0.1) is 0 Å². The minimum atomic E-state index is -0.267. The summed E-state index contributed by atoms with van der Waals surface area (Å²) in [5.41, 5.74) is 11.8. The summed E-state index contributed by atoms with van der Waals surface area (Å²) in [6.45, 7) is 2.08. The van der Waals surface area contributed by atoms with Gasteiger partial charge in [-0.1, -0.05) is 110 Å². The van der Waals surface area contributed by atoms with Gasteiger partial charge in [-0.05, 0) is 128 Å². The Labute approximate surface area is 383 Å². The van der Waals surface area contributed by atoms with Crippen LogP contribution in [0.15, 0.2) is 249 Å². The molecule has 0 bridgehead atoms. The number of aromatic nitrogens is 1. The molecule has 0 radical (unpaired) electrons. The number of unbranched alkanes of at least 4 members (excludes halogenated alkanes) is 1. The van der Waals surface area contributed by atoms with E-state index >= 15 is 0 Å². The predicted octanol–water partition coefficient (Wildman–Crippen LogP) is 14.6. The SMILES string of the molecule is CCCCC(=O)OC1C=CC(N(c2ccccc2)c2ccc(N(c3ccc(C(c4ccccc4)[n+]4ccccc4)cc3)c3ccc(N(c4ccccc4)c4ccccc4)cc3)cc2)=CC1. The molecule has 0 N–H and O–H groups in total. The minimum Gasteiger partial charge on any atom is -0.458 e. The standard InChI is InChI=1S/C59H53N4O2/c1-2-3-27-58(64)65-57-42-40-56(41-43-57)62(50-25-15-7-16-26-50)53-34-38-55(39-35-53)63(51-30-28-47(29-31-51)59(46-19-9-4-10-20-46)60-44-17-8-18-45-60)54-36-32-52(33-37-54)61(48-21-11-5-12-22-48)49-23-13-6-14-24-49/h4-26,28-42,44-45,57,59H,2-3,27,43H2,1H3/q+1. The zero-order valence-corrected chi connectivity index (χ0v) is 36.7. The van der Waals surface area contributed by atoms with E-state index in [0.29, 0.717) is 12.8 Å². The highest BCUT2D eigenvalue weighted by Gasteiger charge is 2.25. The first-order valence-electron chi connectivity index (χ1n) is 22.6. The van der Waals surface area contributed by atoms with E-state index in [-0.39, 0.29) is 18.1 Å². The summed E-state index contributed by atoms with van der Waals surface area (Å²) in [6.07, 6.45) is 13.1. The lowest BCUT2D eigenvalue weighted by atomic mass is 9.97. The molecule has 1 heterocycles. The van der Waals surface area contributed by atoms with Crippen molar-refractivity contribution in [2.45, 2.75) is 44.8 Å². The fourth-order valence-electron chi connectivity index (χ4n) is 8.53. The van der Waals surface area contributed by atoms with Gasteiger partial charge in [0.15, 0.2) is 12.4 Å². The lowest BCUT2D eigenvalue weighted by Crippen LogP contribution is -2.39. The second kappa shape index (κ2) is 20.5. The summed E-state index contributed by atoms with van der Waals surface area (Å²) in [7, 11) is 0. The van der Waals surface area contributed by atoms with E-state index in [1.54, 1.807) is 0 Å². The molecule has 1 aliphatic carbocycles. The van der Waals surface area contributed by atoms with Gasteiger partial charge in [0.25, 0.3) is 0 Å². The molecule has 0 saturated carbocycles. The highest BCUT2D eigenvalue weighted by atomic mass is 16.5. The maximum absolute atomic E-state index is 12.5. The molecule has 0 aliphatic heterocycles. The van der Waals surface area contributed by atoms with Crippen LogP contribution in [0.2, 0.25) is 0 Å². The highest BCUT2D eigenvalue weighted by molar-refractivity contribution is 5.82. The summed E-state index contributed by atoms with van der Waals surface area (Å²) in [4.78, 5) is 19.3. The summed E-state index contributed by atoms with van der Waals surface area (Å²) >= 11 is 0. The first kappa shape index (κ1) is 42.3. The molecule has 8 aromatic rings. The Bertz CT molecular complexity index is 2590. The van der Waals surface area contributed by atoms with Crippen LogP contribution in [0.25, 0.3) is 0 Å². The van der Waals surface area contributed by atoms with E-state index in [1.165, 1.54) is 11.1 Å². The fourth-order valence-corrected chi connectivity index (χ4v) is 8.53. The van der Waals surface area contributed by atoms with Gasteiger partial charge in [-0.25, -0.2) is 0 Å². The maximum Gasteiger partial charge on any atom is 0.306 e. The van der Waals surface area contributed by atoms with E-state index in [2.05, 4.69) is 257 Å². The van der Waals surface area contributed by atoms with Gasteiger partial charge in [0.2, 0.25) is 6.04 Å². The van der Waals surface area contributed by atoms with E-state index in [4.69, 9.17) is 4.74 Å². The Hall–Kier alpha value is -7.96. The fraction of sp³-hybridized carbons (Fsp3) is 0.119. The molecule has 6 nitrogen and oxygen atoms in total. The van der Waals surface area contributed by atoms with Gasteiger partial charge in [-0.3, -0.25) is 4.79 Å². The molecule has 0 amide bonds. The number of benzene rings is 7. The van der Waals surface area contributed by atoms with Gasteiger partial charge in [0, 0.05) is 87.3 Å². The Morgan fingerprint density at radius 2 is 0.892 bits per heavy atom. The summed E-state index contributed by atoms with van der Waals surface area (Å²) < 4.78 is 8.06. The molecule has 65 heavy (non-hydrogen) atoms. The Morgan fingerprint density at radius 1 is 0.508 bits per heavy atom. The van der Waals surface area contributed by atoms with Crippen LogP contribution in [-0.4, -0.2) is 12.1 Å². The molecule has 6 heteroatoms. The lowest BCUT2D eigenvalue weighted by Gasteiger charge is -2.30. The number of nitrogens with zero attached hydrogens (tertiary/aromatic N) is 4. The van der Waals surface area contributed by atoms with Crippen LogP contribution >= 0.6 is 0 Å². The van der Waals surface area contributed by atoms with Crippen molar-refractivity contribution in [2.24, 2.45) is 0 Å². The largest absolute Gasteiger partial charge is 0.458 e. The lowest BCUT2D eigenvalue weighted by molar-refractivity contribution is -0.704. The second-order valence-corrected chi connectivity index (χ2v) is 16.1. The molecule has 2 atom stereocenters. The highest BCUT2D eigenvalue weighted by Crippen LogP contribution is 2.41. The van der Waals surface area contributed by atoms with Crippen LogP contribution in [0.4, 0.5) is 45.5 Å². The smallest absolute Gasteiger partial charge is 0.306 e. The van der Waals surface area contributed by atoms with Crippen LogP contribution in [-0.2, 0) is 9.53 Å². The third-order valence-corrected chi connectivity index (χ3v) is 11.7.